The van der Waals surface area contributed by atoms with Gasteiger partial charge in [-0.2, -0.15) is 5.26 Å². The molecule has 9 heteroatoms. The van der Waals surface area contributed by atoms with Crippen molar-refractivity contribution < 1.29 is 19.2 Å². The van der Waals surface area contributed by atoms with Crippen molar-refractivity contribution in [2.45, 2.75) is 6.42 Å². The molecule has 0 spiro atoms. The fraction of sp³-hybridized carbons (Fsp3) is 0.267. The summed E-state index contributed by atoms with van der Waals surface area (Å²) >= 11 is 3.23. The second-order valence-electron chi connectivity index (χ2n) is 4.92. The molecule has 0 bridgehead atoms. The molecule has 1 aromatic rings. The van der Waals surface area contributed by atoms with Crippen molar-refractivity contribution in [2.75, 3.05) is 19.6 Å². The van der Waals surface area contributed by atoms with Crippen molar-refractivity contribution in [1.82, 2.24) is 15.5 Å². The average molecular weight is 393 g/mol. The summed E-state index contributed by atoms with van der Waals surface area (Å²) in [7, 11) is 0. The minimum absolute atomic E-state index is 0.130. The van der Waals surface area contributed by atoms with E-state index in [4.69, 9.17) is 5.26 Å². The van der Waals surface area contributed by atoms with Crippen LogP contribution in [0.4, 0.5) is 0 Å². The van der Waals surface area contributed by atoms with E-state index in [0.717, 1.165) is 4.90 Å². The second kappa shape index (κ2) is 7.70. The Labute approximate surface area is 145 Å². The maximum Gasteiger partial charge on any atom is 0.262 e. The number of carbonyl (C=O) groups is 4. The lowest BCUT2D eigenvalue weighted by atomic mass is 10.1. The molecule has 8 nitrogen and oxygen atoms in total. The number of nitrogens with one attached hydrogen (secondary N) is 2. The van der Waals surface area contributed by atoms with Gasteiger partial charge in [-0.15, -0.1) is 0 Å². The molecule has 0 saturated carbocycles. The van der Waals surface area contributed by atoms with Crippen LogP contribution in [-0.4, -0.2) is 48.2 Å². The SMILES string of the molecule is N#CCC(=O)NCCNC(=O)CN1C(=O)c2ccc(Br)cc2C1=O. The Kier molecular flexibility index (Phi) is 5.65. The Morgan fingerprint density at radius 1 is 1.08 bits per heavy atom. The van der Waals surface area contributed by atoms with E-state index in [1.807, 2.05) is 0 Å². The van der Waals surface area contributed by atoms with E-state index in [-0.39, 0.29) is 30.6 Å². The Bertz CT molecular complexity index is 756. The Hall–Kier alpha value is -2.73. The van der Waals surface area contributed by atoms with Crippen LogP contribution < -0.4 is 10.6 Å². The molecule has 0 aromatic heterocycles. The van der Waals surface area contributed by atoms with Crippen molar-refractivity contribution in [2.24, 2.45) is 0 Å². The second-order valence-corrected chi connectivity index (χ2v) is 5.84. The van der Waals surface area contributed by atoms with Gasteiger partial charge < -0.3 is 10.6 Å². The van der Waals surface area contributed by atoms with Gasteiger partial charge >= 0.3 is 0 Å². The molecule has 0 saturated heterocycles. The summed E-state index contributed by atoms with van der Waals surface area (Å²) in [4.78, 5) is 48.2. The number of hydrogen-bond acceptors (Lipinski definition) is 5. The topological polar surface area (TPSA) is 119 Å². The molecular formula is C15H13BrN4O4. The minimum Gasteiger partial charge on any atom is -0.353 e. The van der Waals surface area contributed by atoms with Gasteiger partial charge in [-0.25, -0.2) is 0 Å². The van der Waals surface area contributed by atoms with Gasteiger partial charge in [-0.3, -0.25) is 24.1 Å². The number of amides is 4. The fourth-order valence-corrected chi connectivity index (χ4v) is 2.51. The molecule has 0 radical (unpaired) electrons. The molecular weight excluding hydrogens is 380 g/mol. The zero-order valence-corrected chi connectivity index (χ0v) is 14.1. The van der Waals surface area contributed by atoms with Crippen molar-refractivity contribution in [1.29, 1.82) is 5.26 Å². The number of rotatable bonds is 6. The number of hydrogen-bond donors (Lipinski definition) is 2. The molecule has 0 unspecified atom stereocenters. The van der Waals surface area contributed by atoms with E-state index in [2.05, 4.69) is 26.6 Å². The lowest BCUT2D eigenvalue weighted by Crippen LogP contribution is -2.42. The van der Waals surface area contributed by atoms with Gasteiger partial charge in [0.1, 0.15) is 13.0 Å². The highest BCUT2D eigenvalue weighted by molar-refractivity contribution is 9.10. The van der Waals surface area contributed by atoms with Gasteiger partial charge in [0.25, 0.3) is 11.8 Å². The smallest absolute Gasteiger partial charge is 0.262 e. The van der Waals surface area contributed by atoms with E-state index >= 15 is 0 Å². The largest absolute Gasteiger partial charge is 0.353 e. The van der Waals surface area contributed by atoms with E-state index in [1.54, 1.807) is 12.1 Å². The van der Waals surface area contributed by atoms with Crippen LogP contribution in [0.15, 0.2) is 22.7 Å². The molecule has 2 rings (SSSR count). The third kappa shape index (κ3) is 3.97. The number of nitriles is 1. The third-order valence-corrected chi connectivity index (χ3v) is 3.74. The normalized spacial score (nSPS) is 12.6. The molecule has 0 aliphatic carbocycles. The monoisotopic (exact) mass is 392 g/mol. The van der Waals surface area contributed by atoms with Crippen LogP contribution in [-0.2, 0) is 9.59 Å². The molecule has 2 N–H and O–H groups in total. The molecule has 1 aliphatic heterocycles. The first-order valence-corrected chi connectivity index (χ1v) is 7.79. The first-order chi connectivity index (χ1) is 11.4. The lowest BCUT2D eigenvalue weighted by molar-refractivity contribution is -0.122. The van der Waals surface area contributed by atoms with Gasteiger partial charge in [0.2, 0.25) is 11.8 Å². The molecule has 4 amide bonds. The third-order valence-electron chi connectivity index (χ3n) is 3.24. The van der Waals surface area contributed by atoms with Crippen molar-refractivity contribution >= 4 is 39.6 Å². The molecule has 1 heterocycles. The Morgan fingerprint density at radius 2 is 1.71 bits per heavy atom. The van der Waals surface area contributed by atoms with Gasteiger partial charge in [0.15, 0.2) is 0 Å². The van der Waals surface area contributed by atoms with Crippen molar-refractivity contribution in [3.63, 3.8) is 0 Å². The zero-order valence-electron chi connectivity index (χ0n) is 12.5. The van der Waals surface area contributed by atoms with Crippen molar-refractivity contribution in [3.05, 3.63) is 33.8 Å². The van der Waals surface area contributed by atoms with Crippen LogP contribution in [0.5, 0.6) is 0 Å². The van der Waals surface area contributed by atoms with Crippen LogP contribution in [0.3, 0.4) is 0 Å². The predicted molar refractivity (Wildman–Crippen MR) is 85.8 cm³/mol. The first kappa shape index (κ1) is 17.6. The predicted octanol–water partition coefficient (Wildman–Crippen LogP) is 0.191. The van der Waals surface area contributed by atoms with Crippen LogP contribution >= 0.6 is 15.9 Å². The summed E-state index contributed by atoms with van der Waals surface area (Å²) in [5, 5.41) is 13.3. The van der Waals surface area contributed by atoms with Gasteiger partial charge in [-0.05, 0) is 18.2 Å². The van der Waals surface area contributed by atoms with Gasteiger partial charge in [-0.1, -0.05) is 15.9 Å². The molecule has 1 aliphatic rings. The molecule has 0 fully saturated rings. The fourth-order valence-electron chi connectivity index (χ4n) is 2.14. The van der Waals surface area contributed by atoms with E-state index in [0.29, 0.717) is 4.47 Å². The van der Waals surface area contributed by atoms with Gasteiger partial charge in [0, 0.05) is 17.6 Å². The molecule has 124 valence electrons. The summed E-state index contributed by atoms with van der Waals surface area (Å²) in [5.74, 6) is -1.98. The summed E-state index contributed by atoms with van der Waals surface area (Å²) in [6.07, 6.45) is -0.251. The van der Waals surface area contributed by atoms with Crippen LogP contribution in [0.25, 0.3) is 0 Å². The van der Waals surface area contributed by atoms with E-state index in [9.17, 15) is 19.2 Å². The van der Waals surface area contributed by atoms with E-state index in [1.165, 1.54) is 12.1 Å². The summed E-state index contributed by atoms with van der Waals surface area (Å²) in [5.41, 5.74) is 0.519. The lowest BCUT2D eigenvalue weighted by Gasteiger charge is -2.13. The molecule has 1 aromatic carbocycles. The maximum atomic E-state index is 12.2. The van der Waals surface area contributed by atoms with Crippen LogP contribution in [0.1, 0.15) is 27.1 Å². The molecule has 0 atom stereocenters. The number of imide groups is 1. The van der Waals surface area contributed by atoms with Crippen molar-refractivity contribution in [3.8, 4) is 6.07 Å². The number of nitrogens with zero attached hydrogens (tertiary/aromatic N) is 2. The van der Waals surface area contributed by atoms with Crippen LogP contribution in [0, 0.1) is 11.3 Å². The Morgan fingerprint density at radius 3 is 2.38 bits per heavy atom. The number of carbonyl (C=O) groups excluding carboxylic acids is 4. The van der Waals surface area contributed by atoms with Gasteiger partial charge in [0.05, 0.1) is 17.2 Å². The molecule has 24 heavy (non-hydrogen) atoms. The highest BCUT2D eigenvalue weighted by Gasteiger charge is 2.36. The number of halogens is 1. The summed E-state index contributed by atoms with van der Waals surface area (Å²) in [6.45, 7) is -0.109. The van der Waals surface area contributed by atoms with E-state index < -0.39 is 30.2 Å². The average Bonchev–Trinajstić information content (AvgIpc) is 2.76. The maximum absolute atomic E-state index is 12.2. The zero-order chi connectivity index (χ0) is 17.7. The number of fused-ring (bicyclic) bond motifs is 1. The first-order valence-electron chi connectivity index (χ1n) is 7.00. The highest BCUT2D eigenvalue weighted by atomic mass is 79.9. The number of benzene rings is 1. The summed E-state index contributed by atoms with van der Waals surface area (Å²) in [6, 6.07) is 6.42. The minimum atomic E-state index is -0.520. The summed E-state index contributed by atoms with van der Waals surface area (Å²) < 4.78 is 0.668. The highest BCUT2D eigenvalue weighted by Crippen LogP contribution is 2.25. The standard InChI is InChI=1S/C15H13BrN4O4/c16-9-1-2-10-11(7-9)15(24)20(14(10)23)8-13(22)19-6-5-18-12(21)3-4-17/h1-2,7H,3,5-6,8H2,(H,18,21)(H,19,22). The van der Waals surface area contributed by atoms with Crippen LogP contribution in [0.2, 0.25) is 0 Å². The Balaban J connectivity index is 1.85. The quantitative estimate of drug-likeness (QED) is 0.528.